The van der Waals surface area contributed by atoms with E-state index in [1.165, 1.54) is 16.9 Å². The van der Waals surface area contributed by atoms with Crippen molar-refractivity contribution in [2.75, 3.05) is 17.7 Å². The molecule has 0 bridgehead atoms. The summed E-state index contributed by atoms with van der Waals surface area (Å²) in [5, 5.41) is 14.2. The zero-order valence-electron chi connectivity index (χ0n) is 10.2. The highest BCUT2D eigenvalue weighted by Crippen LogP contribution is 2.16. The van der Waals surface area contributed by atoms with Crippen molar-refractivity contribution in [2.24, 2.45) is 0 Å². The largest absolute Gasteiger partial charge is 0.363 e. The number of carbonyl (C=O) groups excluding carboxylic acids is 1. The highest BCUT2D eigenvalue weighted by atomic mass is 32.1. The Kier molecular flexibility index (Phi) is 3.88. The molecule has 94 valence electrons. The van der Waals surface area contributed by atoms with E-state index in [2.05, 4.69) is 27.8 Å². The Balaban J connectivity index is 2.06. The maximum atomic E-state index is 11.9. The third kappa shape index (κ3) is 2.84. The predicted octanol–water partition coefficient (Wildman–Crippen LogP) is 2.39. The number of nitrogens with one attached hydrogen (secondary N) is 2. The SMILES string of the molecule is CCc1ccc(NC(=O)c2nnc(NC)s2)cc1. The van der Waals surface area contributed by atoms with E-state index in [0.29, 0.717) is 10.1 Å². The van der Waals surface area contributed by atoms with Crippen LogP contribution in [-0.4, -0.2) is 23.2 Å². The van der Waals surface area contributed by atoms with Gasteiger partial charge in [-0.25, -0.2) is 0 Å². The fourth-order valence-corrected chi connectivity index (χ4v) is 2.02. The Bertz CT molecular complexity index is 535. The monoisotopic (exact) mass is 262 g/mol. The molecule has 1 aromatic heterocycles. The fourth-order valence-electron chi connectivity index (χ4n) is 1.42. The molecule has 1 amide bonds. The second-order valence-corrected chi connectivity index (χ2v) is 4.64. The molecule has 2 N–H and O–H groups in total. The maximum absolute atomic E-state index is 11.9. The van der Waals surface area contributed by atoms with Crippen LogP contribution in [0.4, 0.5) is 10.8 Å². The molecule has 1 aromatic carbocycles. The topological polar surface area (TPSA) is 66.9 Å². The van der Waals surface area contributed by atoms with Crippen molar-refractivity contribution in [3.8, 4) is 0 Å². The predicted molar refractivity (Wildman–Crippen MR) is 73.2 cm³/mol. The Labute approximate surface area is 109 Å². The van der Waals surface area contributed by atoms with E-state index in [-0.39, 0.29) is 5.91 Å². The van der Waals surface area contributed by atoms with E-state index in [1.807, 2.05) is 24.3 Å². The van der Waals surface area contributed by atoms with Crippen LogP contribution >= 0.6 is 11.3 Å². The highest BCUT2D eigenvalue weighted by molar-refractivity contribution is 7.17. The van der Waals surface area contributed by atoms with Gasteiger partial charge in [0.15, 0.2) is 0 Å². The number of aryl methyl sites for hydroxylation is 1. The number of aromatic nitrogens is 2. The van der Waals surface area contributed by atoms with Crippen LogP contribution in [0.3, 0.4) is 0 Å². The molecule has 0 radical (unpaired) electrons. The first-order valence-corrected chi connectivity index (χ1v) is 6.46. The summed E-state index contributed by atoms with van der Waals surface area (Å²) in [6.07, 6.45) is 0.982. The summed E-state index contributed by atoms with van der Waals surface area (Å²) >= 11 is 1.22. The lowest BCUT2D eigenvalue weighted by Gasteiger charge is -2.03. The number of amides is 1. The van der Waals surface area contributed by atoms with Gasteiger partial charge >= 0.3 is 0 Å². The minimum Gasteiger partial charge on any atom is -0.363 e. The molecule has 0 unspecified atom stereocenters. The molecule has 6 heteroatoms. The lowest BCUT2D eigenvalue weighted by molar-refractivity contribution is 0.102. The summed E-state index contributed by atoms with van der Waals surface area (Å²) in [6.45, 7) is 2.09. The zero-order valence-corrected chi connectivity index (χ0v) is 11.0. The quantitative estimate of drug-likeness (QED) is 0.888. The summed E-state index contributed by atoms with van der Waals surface area (Å²) in [5.41, 5.74) is 2.00. The van der Waals surface area contributed by atoms with Crippen LogP contribution in [0.25, 0.3) is 0 Å². The molecule has 0 aliphatic carbocycles. The van der Waals surface area contributed by atoms with Gasteiger partial charge in [-0.3, -0.25) is 4.79 Å². The van der Waals surface area contributed by atoms with Crippen molar-refractivity contribution in [1.82, 2.24) is 10.2 Å². The average molecular weight is 262 g/mol. The second-order valence-electron chi connectivity index (χ2n) is 3.67. The Morgan fingerprint density at radius 2 is 2.00 bits per heavy atom. The Hall–Kier alpha value is -1.95. The van der Waals surface area contributed by atoms with Crippen LogP contribution < -0.4 is 10.6 Å². The number of nitrogens with zero attached hydrogens (tertiary/aromatic N) is 2. The van der Waals surface area contributed by atoms with E-state index >= 15 is 0 Å². The van der Waals surface area contributed by atoms with Gasteiger partial charge in [-0.05, 0) is 24.1 Å². The summed E-state index contributed by atoms with van der Waals surface area (Å²) in [6, 6.07) is 7.76. The van der Waals surface area contributed by atoms with Crippen molar-refractivity contribution in [3.05, 3.63) is 34.8 Å². The zero-order chi connectivity index (χ0) is 13.0. The molecule has 0 spiro atoms. The summed E-state index contributed by atoms with van der Waals surface area (Å²) in [5.74, 6) is -0.238. The van der Waals surface area contributed by atoms with Gasteiger partial charge in [0.05, 0.1) is 0 Å². The summed E-state index contributed by atoms with van der Waals surface area (Å²) in [7, 11) is 1.74. The minimum atomic E-state index is -0.238. The molecular weight excluding hydrogens is 248 g/mol. The number of hydrogen-bond donors (Lipinski definition) is 2. The van der Waals surface area contributed by atoms with Crippen molar-refractivity contribution >= 4 is 28.1 Å². The second kappa shape index (κ2) is 5.59. The Morgan fingerprint density at radius 1 is 1.28 bits per heavy atom. The number of anilines is 2. The van der Waals surface area contributed by atoms with Gasteiger partial charge in [0.25, 0.3) is 5.91 Å². The van der Waals surface area contributed by atoms with Gasteiger partial charge in [-0.2, -0.15) is 0 Å². The highest BCUT2D eigenvalue weighted by Gasteiger charge is 2.12. The number of rotatable bonds is 4. The van der Waals surface area contributed by atoms with E-state index in [0.717, 1.165) is 12.1 Å². The van der Waals surface area contributed by atoms with E-state index in [1.54, 1.807) is 7.05 Å². The van der Waals surface area contributed by atoms with Crippen molar-refractivity contribution in [3.63, 3.8) is 0 Å². The van der Waals surface area contributed by atoms with E-state index in [9.17, 15) is 4.79 Å². The molecule has 0 aliphatic heterocycles. The third-order valence-electron chi connectivity index (χ3n) is 2.45. The van der Waals surface area contributed by atoms with E-state index < -0.39 is 0 Å². The van der Waals surface area contributed by atoms with Crippen LogP contribution in [0.2, 0.25) is 0 Å². The molecule has 0 atom stereocenters. The molecule has 0 aliphatic rings. The lowest BCUT2D eigenvalue weighted by Crippen LogP contribution is -2.11. The number of carbonyl (C=O) groups is 1. The smallest absolute Gasteiger partial charge is 0.286 e. The molecular formula is C12H14N4OS. The minimum absolute atomic E-state index is 0.238. The fraction of sp³-hybridized carbons (Fsp3) is 0.250. The van der Waals surface area contributed by atoms with Crippen molar-refractivity contribution < 1.29 is 4.79 Å². The molecule has 0 saturated carbocycles. The first kappa shape index (κ1) is 12.5. The molecule has 0 saturated heterocycles. The van der Waals surface area contributed by atoms with Gasteiger partial charge in [0, 0.05) is 12.7 Å². The summed E-state index contributed by atoms with van der Waals surface area (Å²) < 4.78 is 0. The maximum Gasteiger partial charge on any atom is 0.286 e. The summed E-state index contributed by atoms with van der Waals surface area (Å²) in [4.78, 5) is 11.9. The van der Waals surface area contributed by atoms with Gasteiger partial charge in [-0.1, -0.05) is 30.4 Å². The van der Waals surface area contributed by atoms with Crippen LogP contribution in [0.1, 0.15) is 22.3 Å². The lowest BCUT2D eigenvalue weighted by atomic mass is 10.1. The first-order chi connectivity index (χ1) is 8.72. The van der Waals surface area contributed by atoms with Gasteiger partial charge in [-0.15, -0.1) is 10.2 Å². The number of benzene rings is 1. The first-order valence-electron chi connectivity index (χ1n) is 5.64. The Morgan fingerprint density at radius 3 is 2.56 bits per heavy atom. The number of hydrogen-bond acceptors (Lipinski definition) is 5. The standard InChI is InChI=1S/C12H14N4OS/c1-3-8-4-6-9(7-5-8)14-10(17)11-15-16-12(13-2)18-11/h4-7H,3H2,1-2H3,(H,13,16)(H,14,17). The molecule has 0 fully saturated rings. The van der Waals surface area contributed by atoms with Crippen LogP contribution in [0.15, 0.2) is 24.3 Å². The van der Waals surface area contributed by atoms with Gasteiger partial charge in [0.1, 0.15) is 0 Å². The third-order valence-corrected chi connectivity index (χ3v) is 3.39. The molecule has 2 rings (SSSR count). The average Bonchev–Trinajstić information content (AvgIpc) is 2.88. The molecule has 2 aromatic rings. The molecule has 18 heavy (non-hydrogen) atoms. The van der Waals surface area contributed by atoms with Crippen molar-refractivity contribution in [1.29, 1.82) is 0 Å². The van der Waals surface area contributed by atoms with Gasteiger partial charge in [0.2, 0.25) is 10.1 Å². The molecule has 1 heterocycles. The normalized spacial score (nSPS) is 10.1. The van der Waals surface area contributed by atoms with Crippen LogP contribution in [0, 0.1) is 0 Å². The van der Waals surface area contributed by atoms with Crippen LogP contribution in [-0.2, 0) is 6.42 Å². The van der Waals surface area contributed by atoms with Crippen LogP contribution in [0.5, 0.6) is 0 Å². The van der Waals surface area contributed by atoms with Crippen molar-refractivity contribution in [2.45, 2.75) is 13.3 Å². The van der Waals surface area contributed by atoms with E-state index in [4.69, 9.17) is 0 Å². The van der Waals surface area contributed by atoms with Gasteiger partial charge < -0.3 is 10.6 Å². The molecule has 5 nitrogen and oxygen atoms in total.